The number of nitrogens with one attached hydrogen (secondary N) is 1. The van der Waals surface area contributed by atoms with Crippen LogP contribution in [-0.4, -0.2) is 24.6 Å². The Hall–Kier alpha value is -3.44. The molecule has 142 valence electrons. The second kappa shape index (κ2) is 6.57. The first-order valence-corrected chi connectivity index (χ1v) is 11.2. The van der Waals surface area contributed by atoms with Crippen molar-refractivity contribution in [2.75, 3.05) is 6.26 Å². The molecular weight excluding hydrogens is 380 g/mol. The molecule has 0 fully saturated rings. The van der Waals surface area contributed by atoms with Gasteiger partial charge >= 0.3 is 0 Å². The number of rotatable bonds is 3. The predicted molar refractivity (Wildman–Crippen MR) is 118 cm³/mol. The number of aromatic amines is 1. The highest BCUT2D eigenvalue weighted by Gasteiger charge is 2.17. The van der Waals surface area contributed by atoms with Crippen molar-refractivity contribution in [2.24, 2.45) is 0 Å². The summed E-state index contributed by atoms with van der Waals surface area (Å²) in [6.07, 6.45) is 1.16. The summed E-state index contributed by atoms with van der Waals surface area (Å²) in [5, 5.41) is 1.96. The molecule has 0 aliphatic heterocycles. The molecule has 0 amide bonds. The Balaban J connectivity index is 1.72. The fourth-order valence-corrected chi connectivity index (χ4v) is 4.26. The van der Waals surface area contributed by atoms with Crippen LogP contribution in [-0.2, 0) is 9.84 Å². The lowest BCUT2D eigenvalue weighted by Gasteiger charge is -2.09. The van der Waals surface area contributed by atoms with Crippen molar-refractivity contribution in [3.63, 3.8) is 0 Å². The second-order valence-corrected chi connectivity index (χ2v) is 9.05. The van der Waals surface area contributed by atoms with Gasteiger partial charge in [0.15, 0.2) is 0 Å². The van der Waals surface area contributed by atoms with Crippen LogP contribution in [0.15, 0.2) is 90.1 Å². The molecule has 4 nitrogen and oxygen atoms in total. The van der Waals surface area contributed by atoms with Gasteiger partial charge in [0.2, 0.25) is 15.0 Å². The van der Waals surface area contributed by atoms with E-state index in [-0.39, 0.29) is 5.16 Å². The van der Waals surface area contributed by atoms with Crippen LogP contribution in [0.4, 0.5) is 0 Å². The molecule has 0 atom stereocenters. The van der Waals surface area contributed by atoms with Crippen LogP contribution in [0, 0.1) is 0 Å². The topological polar surface area (TPSA) is 62.8 Å². The number of hydrogen-bond donors (Lipinski definition) is 1. The summed E-state index contributed by atoms with van der Waals surface area (Å²) in [6.45, 7) is 0. The highest BCUT2D eigenvalue weighted by molar-refractivity contribution is 7.90. The minimum Gasteiger partial charge on any atom is -0.329 e. The van der Waals surface area contributed by atoms with Gasteiger partial charge in [0.25, 0.3) is 0 Å². The third-order valence-corrected chi connectivity index (χ3v) is 6.02. The number of H-pyrrole nitrogens is 1. The maximum absolute atomic E-state index is 12.0. The van der Waals surface area contributed by atoms with Crippen molar-refractivity contribution < 1.29 is 8.42 Å². The Morgan fingerprint density at radius 1 is 0.724 bits per heavy atom. The normalized spacial score (nSPS) is 11.9. The summed E-state index contributed by atoms with van der Waals surface area (Å²) in [5.41, 5.74) is 5.82. The average molecular weight is 398 g/mol. The van der Waals surface area contributed by atoms with Gasteiger partial charge in [0.1, 0.15) is 0 Å². The van der Waals surface area contributed by atoms with Gasteiger partial charge in [-0.1, -0.05) is 78.9 Å². The molecule has 5 rings (SSSR count). The van der Waals surface area contributed by atoms with Crippen molar-refractivity contribution in [2.45, 2.75) is 5.16 Å². The van der Waals surface area contributed by atoms with E-state index in [1.807, 2.05) is 48.5 Å². The zero-order valence-corrected chi connectivity index (χ0v) is 16.6. The van der Waals surface area contributed by atoms with Crippen molar-refractivity contribution in [3.8, 4) is 22.3 Å². The quantitative estimate of drug-likeness (QED) is 0.439. The molecule has 0 unspecified atom stereocenters. The molecule has 0 saturated heterocycles. The van der Waals surface area contributed by atoms with Crippen molar-refractivity contribution in [1.29, 1.82) is 0 Å². The molecule has 0 spiro atoms. The van der Waals surface area contributed by atoms with Gasteiger partial charge in [-0.3, -0.25) is 0 Å². The molecule has 0 saturated carbocycles. The third-order valence-electron chi connectivity index (χ3n) is 5.13. The molecule has 29 heavy (non-hydrogen) atoms. The summed E-state index contributed by atoms with van der Waals surface area (Å²) < 4.78 is 23.9. The summed E-state index contributed by atoms with van der Waals surface area (Å²) in [5.74, 6) is 0. The molecule has 1 heterocycles. The first-order valence-electron chi connectivity index (χ1n) is 9.28. The van der Waals surface area contributed by atoms with Gasteiger partial charge in [0, 0.05) is 11.6 Å². The fourth-order valence-electron chi connectivity index (χ4n) is 3.71. The fraction of sp³-hybridized carbons (Fsp3) is 0.0417. The molecule has 0 radical (unpaired) electrons. The monoisotopic (exact) mass is 398 g/mol. The maximum atomic E-state index is 12.0. The lowest BCUT2D eigenvalue weighted by Crippen LogP contribution is -1.98. The van der Waals surface area contributed by atoms with Crippen LogP contribution >= 0.6 is 0 Å². The molecular formula is C24H18N2O2S. The Morgan fingerprint density at radius 2 is 1.31 bits per heavy atom. The zero-order valence-electron chi connectivity index (χ0n) is 15.8. The molecule has 0 aliphatic carbocycles. The van der Waals surface area contributed by atoms with Gasteiger partial charge in [-0.25, -0.2) is 13.4 Å². The van der Waals surface area contributed by atoms with Gasteiger partial charge in [-0.2, -0.15) is 0 Å². The lowest BCUT2D eigenvalue weighted by molar-refractivity contribution is 0.595. The highest BCUT2D eigenvalue weighted by Crippen LogP contribution is 2.35. The Bertz CT molecular complexity index is 1450. The average Bonchev–Trinajstić information content (AvgIpc) is 3.19. The molecule has 1 N–H and O–H groups in total. The summed E-state index contributed by atoms with van der Waals surface area (Å²) in [6, 6.07) is 28.6. The van der Waals surface area contributed by atoms with E-state index in [0.717, 1.165) is 33.7 Å². The van der Waals surface area contributed by atoms with E-state index in [2.05, 4.69) is 46.4 Å². The van der Waals surface area contributed by atoms with Gasteiger partial charge in [-0.05, 0) is 33.7 Å². The van der Waals surface area contributed by atoms with E-state index >= 15 is 0 Å². The third kappa shape index (κ3) is 3.09. The van der Waals surface area contributed by atoms with E-state index < -0.39 is 9.84 Å². The number of nitrogens with zero attached hydrogens (tertiary/aromatic N) is 1. The van der Waals surface area contributed by atoms with Crippen molar-refractivity contribution in [3.05, 3.63) is 84.9 Å². The van der Waals surface area contributed by atoms with Crippen LogP contribution in [0.5, 0.6) is 0 Å². The van der Waals surface area contributed by atoms with Crippen LogP contribution < -0.4 is 0 Å². The molecule has 0 bridgehead atoms. The summed E-state index contributed by atoms with van der Waals surface area (Å²) in [4.78, 5) is 7.33. The van der Waals surface area contributed by atoms with Gasteiger partial charge in [-0.15, -0.1) is 0 Å². The first-order chi connectivity index (χ1) is 14.0. The predicted octanol–water partition coefficient (Wildman–Crippen LogP) is 5.45. The van der Waals surface area contributed by atoms with Crippen LogP contribution in [0.1, 0.15) is 0 Å². The maximum Gasteiger partial charge on any atom is 0.225 e. The molecule has 1 aromatic heterocycles. The van der Waals surface area contributed by atoms with Gasteiger partial charge in [0.05, 0.1) is 11.0 Å². The standard InChI is InChI=1S/C24H18N2O2S/c1-29(27,28)24-25-22-15-21(19-9-5-6-10-20(19)23(22)26-24)18-13-11-17(12-14-18)16-7-3-2-4-8-16/h2-15H,1H3,(H,25,26). The van der Waals surface area contributed by atoms with Crippen molar-refractivity contribution in [1.82, 2.24) is 9.97 Å². The largest absolute Gasteiger partial charge is 0.329 e. The molecule has 4 aromatic carbocycles. The van der Waals surface area contributed by atoms with E-state index in [0.29, 0.717) is 11.0 Å². The minimum atomic E-state index is -3.41. The number of imidazole rings is 1. The Labute approximate surface area is 168 Å². The van der Waals surface area contributed by atoms with E-state index in [9.17, 15) is 8.42 Å². The number of hydrogen-bond acceptors (Lipinski definition) is 3. The van der Waals surface area contributed by atoms with Crippen LogP contribution in [0.25, 0.3) is 44.1 Å². The van der Waals surface area contributed by atoms with Crippen LogP contribution in [0.3, 0.4) is 0 Å². The highest BCUT2D eigenvalue weighted by atomic mass is 32.2. The number of fused-ring (bicyclic) bond motifs is 3. The number of benzene rings is 4. The Morgan fingerprint density at radius 3 is 2.00 bits per heavy atom. The number of sulfone groups is 1. The smallest absolute Gasteiger partial charge is 0.225 e. The SMILES string of the molecule is CS(=O)(=O)c1nc2c(cc(-c3ccc(-c4ccccc4)cc3)c3ccccc32)[nH]1. The Kier molecular flexibility index (Phi) is 4.00. The summed E-state index contributed by atoms with van der Waals surface area (Å²) >= 11 is 0. The lowest BCUT2D eigenvalue weighted by atomic mass is 9.95. The van der Waals surface area contributed by atoms with E-state index in [1.54, 1.807) is 0 Å². The number of aromatic nitrogens is 2. The summed E-state index contributed by atoms with van der Waals surface area (Å²) in [7, 11) is -3.41. The molecule has 5 aromatic rings. The van der Waals surface area contributed by atoms with Crippen molar-refractivity contribution >= 4 is 31.6 Å². The van der Waals surface area contributed by atoms with Gasteiger partial charge < -0.3 is 4.98 Å². The van der Waals surface area contributed by atoms with E-state index in [1.165, 1.54) is 5.56 Å². The first kappa shape index (κ1) is 17.6. The van der Waals surface area contributed by atoms with Crippen LogP contribution in [0.2, 0.25) is 0 Å². The second-order valence-electron chi connectivity index (χ2n) is 7.12. The van der Waals surface area contributed by atoms with E-state index in [4.69, 9.17) is 0 Å². The molecule has 5 heteroatoms. The molecule has 0 aliphatic rings. The zero-order chi connectivity index (χ0) is 20.0. The minimum absolute atomic E-state index is 0.00534.